The first kappa shape index (κ1) is 21.6. The fraction of sp³-hybridized carbons (Fsp3) is 0.269. The van der Waals surface area contributed by atoms with E-state index in [9.17, 15) is 9.18 Å². The molecule has 0 aliphatic heterocycles. The normalized spacial score (nSPS) is 10.6. The van der Waals surface area contributed by atoms with Gasteiger partial charge in [-0.25, -0.2) is 9.18 Å². The molecule has 0 radical (unpaired) electrons. The van der Waals surface area contributed by atoms with Crippen molar-refractivity contribution in [1.29, 1.82) is 0 Å². The van der Waals surface area contributed by atoms with Crippen molar-refractivity contribution in [2.45, 2.75) is 46.0 Å². The van der Waals surface area contributed by atoms with Gasteiger partial charge in [0.2, 0.25) is 0 Å². The lowest BCUT2D eigenvalue weighted by Gasteiger charge is -2.09. The highest BCUT2D eigenvalue weighted by Gasteiger charge is 2.10. The van der Waals surface area contributed by atoms with Gasteiger partial charge in [-0.05, 0) is 66.3 Å². The molecular formula is C26H27FO3. The number of ether oxygens (including phenoxy) is 2. The Bertz CT molecular complexity index is 963. The lowest BCUT2D eigenvalue weighted by molar-refractivity contribution is 0.152. The molecule has 0 aromatic heterocycles. The molecule has 0 N–H and O–H groups in total. The Balaban J connectivity index is 1.59. The molecule has 3 rings (SSSR count). The quantitative estimate of drug-likeness (QED) is 0.289. The van der Waals surface area contributed by atoms with Gasteiger partial charge in [-0.2, -0.15) is 0 Å². The number of unbranched alkanes of at least 4 members (excludes halogenated alkanes) is 1. The third kappa shape index (κ3) is 5.93. The summed E-state index contributed by atoms with van der Waals surface area (Å²) in [5, 5.41) is 0. The average molecular weight is 406 g/mol. The van der Waals surface area contributed by atoms with E-state index in [-0.39, 0.29) is 5.82 Å². The van der Waals surface area contributed by atoms with Gasteiger partial charge in [-0.15, -0.1) is 0 Å². The largest absolute Gasteiger partial charge is 0.519 e. The van der Waals surface area contributed by atoms with Crippen LogP contribution in [0.4, 0.5) is 9.18 Å². The Morgan fingerprint density at radius 1 is 0.767 bits per heavy atom. The van der Waals surface area contributed by atoms with Crippen LogP contribution in [0.5, 0.6) is 11.5 Å². The topological polar surface area (TPSA) is 35.5 Å². The number of rotatable bonds is 8. The zero-order valence-corrected chi connectivity index (χ0v) is 17.5. The Morgan fingerprint density at radius 3 is 1.93 bits per heavy atom. The number of halogens is 1. The maximum absolute atomic E-state index is 14.4. The second-order valence-electron chi connectivity index (χ2n) is 7.29. The van der Waals surface area contributed by atoms with Crippen molar-refractivity contribution in [2.24, 2.45) is 0 Å². The molecule has 0 heterocycles. The summed E-state index contributed by atoms with van der Waals surface area (Å²) in [6, 6.07) is 19.4. The molecule has 3 aromatic carbocycles. The number of aryl methyl sites for hydroxylation is 2. The van der Waals surface area contributed by atoms with Gasteiger partial charge < -0.3 is 9.47 Å². The number of carbonyl (C=O) groups excluding carboxylic acids is 1. The summed E-state index contributed by atoms with van der Waals surface area (Å²) in [5.41, 5.74) is 3.44. The van der Waals surface area contributed by atoms with E-state index < -0.39 is 6.16 Å². The van der Waals surface area contributed by atoms with Crippen molar-refractivity contribution in [2.75, 3.05) is 0 Å². The molecule has 0 spiro atoms. The third-order valence-electron chi connectivity index (χ3n) is 4.88. The molecule has 0 amide bonds. The van der Waals surface area contributed by atoms with Crippen LogP contribution in [-0.2, 0) is 12.8 Å². The first-order valence-electron chi connectivity index (χ1n) is 10.5. The Morgan fingerprint density at radius 2 is 1.37 bits per heavy atom. The van der Waals surface area contributed by atoms with Gasteiger partial charge in [0.05, 0.1) is 0 Å². The van der Waals surface area contributed by atoms with Crippen LogP contribution in [0, 0.1) is 5.82 Å². The minimum absolute atomic E-state index is 0.253. The molecule has 0 saturated heterocycles. The van der Waals surface area contributed by atoms with Crippen LogP contribution >= 0.6 is 0 Å². The van der Waals surface area contributed by atoms with E-state index in [1.807, 2.05) is 18.2 Å². The van der Waals surface area contributed by atoms with Crippen LogP contribution < -0.4 is 9.47 Å². The molecular weight excluding hydrogens is 379 g/mol. The van der Waals surface area contributed by atoms with Gasteiger partial charge in [0.1, 0.15) is 17.3 Å². The summed E-state index contributed by atoms with van der Waals surface area (Å²) < 4.78 is 24.9. The maximum atomic E-state index is 14.4. The monoisotopic (exact) mass is 406 g/mol. The summed E-state index contributed by atoms with van der Waals surface area (Å²) in [5.74, 6) is 0.522. The van der Waals surface area contributed by atoms with Gasteiger partial charge in [-0.3, -0.25) is 0 Å². The fourth-order valence-corrected chi connectivity index (χ4v) is 3.26. The molecule has 3 nitrogen and oxygen atoms in total. The van der Waals surface area contributed by atoms with Gasteiger partial charge >= 0.3 is 6.16 Å². The molecule has 0 bridgehead atoms. The lowest BCUT2D eigenvalue weighted by atomic mass is 10.0. The number of hydrogen-bond acceptors (Lipinski definition) is 3. The van der Waals surface area contributed by atoms with Crippen molar-refractivity contribution in [3.8, 4) is 22.6 Å². The highest BCUT2D eigenvalue weighted by atomic mass is 19.1. The van der Waals surface area contributed by atoms with Crippen LogP contribution in [0.1, 0.15) is 44.2 Å². The SMILES string of the molecule is CCCCc1ccc(OC(=O)Oc2ccc(-c3ccc(CCC)cc3F)cc2)cc1. The molecule has 0 unspecified atom stereocenters. The predicted octanol–water partition coefficient (Wildman–Crippen LogP) is 7.37. The van der Waals surface area contributed by atoms with E-state index >= 15 is 0 Å². The van der Waals surface area contributed by atoms with E-state index in [0.717, 1.165) is 43.2 Å². The molecule has 3 aromatic rings. The van der Waals surface area contributed by atoms with Gasteiger partial charge in [0.25, 0.3) is 0 Å². The van der Waals surface area contributed by atoms with Crippen molar-refractivity contribution < 1.29 is 18.7 Å². The van der Waals surface area contributed by atoms with Crippen LogP contribution in [0.2, 0.25) is 0 Å². The minimum atomic E-state index is -0.806. The summed E-state index contributed by atoms with van der Waals surface area (Å²) in [4.78, 5) is 12.0. The molecule has 0 saturated carbocycles. The third-order valence-corrected chi connectivity index (χ3v) is 4.88. The Kier molecular flexibility index (Phi) is 7.61. The second-order valence-corrected chi connectivity index (χ2v) is 7.29. The molecule has 4 heteroatoms. The van der Waals surface area contributed by atoms with E-state index in [1.165, 1.54) is 5.56 Å². The zero-order chi connectivity index (χ0) is 21.3. The first-order valence-corrected chi connectivity index (χ1v) is 10.5. The van der Waals surface area contributed by atoms with Gasteiger partial charge in [-0.1, -0.05) is 63.1 Å². The molecule has 0 aliphatic rings. The Labute approximate surface area is 177 Å². The maximum Gasteiger partial charge on any atom is 0.519 e. The van der Waals surface area contributed by atoms with Crippen molar-refractivity contribution >= 4 is 6.16 Å². The lowest BCUT2D eigenvalue weighted by Crippen LogP contribution is -2.13. The van der Waals surface area contributed by atoms with E-state index in [4.69, 9.17) is 9.47 Å². The molecule has 0 atom stereocenters. The number of benzene rings is 3. The zero-order valence-electron chi connectivity index (χ0n) is 17.5. The standard InChI is InChI=1S/C26H27FO3/c1-3-5-7-19-8-13-22(14-9-19)29-26(28)30-23-15-11-21(12-16-23)24-17-10-20(6-4-2)18-25(24)27/h8-18H,3-7H2,1-2H3. The predicted molar refractivity (Wildman–Crippen MR) is 118 cm³/mol. The summed E-state index contributed by atoms with van der Waals surface area (Å²) >= 11 is 0. The smallest absolute Gasteiger partial charge is 0.395 e. The van der Waals surface area contributed by atoms with Crippen LogP contribution in [0.3, 0.4) is 0 Å². The molecule has 30 heavy (non-hydrogen) atoms. The number of carbonyl (C=O) groups is 1. The van der Waals surface area contributed by atoms with Crippen molar-refractivity contribution in [1.82, 2.24) is 0 Å². The Hall–Kier alpha value is -3.14. The second kappa shape index (κ2) is 10.6. The van der Waals surface area contributed by atoms with Gasteiger partial charge in [0.15, 0.2) is 0 Å². The first-order chi connectivity index (χ1) is 14.6. The minimum Gasteiger partial charge on any atom is -0.395 e. The van der Waals surface area contributed by atoms with Crippen molar-refractivity contribution in [3.63, 3.8) is 0 Å². The van der Waals surface area contributed by atoms with Gasteiger partial charge in [0, 0.05) is 5.56 Å². The molecule has 156 valence electrons. The van der Waals surface area contributed by atoms with E-state index in [0.29, 0.717) is 17.1 Å². The average Bonchev–Trinajstić information content (AvgIpc) is 2.74. The summed E-state index contributed by atoms with van der Waals surface area (Å²) in [6.45, 7) is 4.22. The highest BCUT2D eigenvalue weighted by molar-refractivity contribution is 5.69. The van der Waals surface area contributed by atoms with E-state index in [2.05, 4.69) is 13.8 Å². The fourth-order valence-electron chi connectivity index (χ4n) is 3.26. The number of hydrogen-bond donors (Lipinski definition) is 0. The summed E-state index contributed by atoms with van der Waals surface area (Å²) in [6.07, 6.45) is 4.30. The van der Waals surface area contributed by atoms with E-state index in [1.54, 1.807) is 48.5 Å². The molecule has 0 fully saturated rings. The van der Waals surface area contributed by atoms with Crippen LogP contribution in [-0.4, -0.2) is 6.16 Å². The molecule has 0 aliphatic carbocycles. The highest BCUT2D eigenvalue weighted by Crippen LogP contribution is 2.26. The van der Waals surface area contributed by atoms with Crippen molar-refractivity contribution in [3.05, 3.63) is 83.7 Å². The van der Waals surface area contributed by atoms with Crippen LogP contribution in [0.25, 0.3) is 11.1 Å². The van der Waals surface area contributed by atoms with Crippen LogP contribution in [0.15, 0.2) is 66.7 Å². The summed E-state index contributed by atoms with van der Waals surface area (Å²) in [7, 11) is 0.